The maximum absolute atomic E-state index is 9.25. The molecule has 0 aromatic heterocycles. The maximum Gasteiger partial charge on any atom is 0.121 e. The van der Waals surface area contributed by atoms with Gasteiger partial charge in [-0.2, -0.15) is 5.26 Å². The number of halogens is 1. The van der Waals surface area contributed by atoms with Crippen molar-refractivity contribution < 1.29 is 0 Å². The van der Waals surface area contributed by atoms with E-state index in [0.29, 0.717) is 5.02 Å². The van der Waals surface area contributed by atoms with E-state index in [1.54, 1.807) is 0 Å². The van der Waals surface area contributed by atoms with Crippen molar-refractivity contribution in [3.8, 4) is 6.07 Å². The number of hydrogen-bond acceptors (Lipinski definition) is 3. The van der Waals surface area contributed by atoms with E-state index < -0.39 is 0 Å². The lowest BCUT2D eigenvalue weighted by atomic mass is 10.1. The van der Waals surface area contributed by atoms with E-state index in [2.05, 4.69) is 30.1 Å². The molecule has 0 fully saturated rings. The average molecular weight is 280 g/mol. The minimum absolute atomic E-state index is 0.298. The second-order valence-corrected chi connectivity index (χ2v) is 4.96. The molecule has 0 saturated heterocycles. The van der Waals surface area contributed by atoms with Gasteiger partial charge < -0.3 is 4.90 Å². The highest BCUT2D eigenvalue weighted by Gasteiger charge is 2.11. The van der Waals surface area contributed by atoms with Gasteiger partial charge in [-0.15, -0.1) is 0 Å². The summed E-state index contributed by atoms with van der Waals surface area (Å²) in [5, 5.41) is 13.2. The zero-order valence-corrected chi connectivity index (χ0v) is 12.7. The molecule has 0 heterocycles. The fourth-order valence-corrected chi connectivity index (χ4v) is 2.12. The van der Waals surface area contributed by atoms with Crippen LogP contribution < -0.4 is 5.32 Å². The largest absolute Gasteiger partial charge is 0.303 e. The summed E-state index contributed by atoms with van der Waals surface area (Å²) >= 11 is 6.10. The molecule has 3 nitrogen and oxygen atoms in total. The summed E-state index contributed by atoms with van der Waals surface area (Å²) in [6.45, 7) is 10.1. The zero-order valence-electron chi connectivity index (χ0n) is 11.9. The van der Waals surface area contributed by atoms with Crippen LogP contribution in [0.25, 0.3) is 0 Å². The summed E-state index contributed by atoms with van der Waals surface area (Å²) in [5.74, 6) is 0. The van der Waals surface area contributed by atoms with Crippen LogP contribution in [0, 0.1) is 18.3 Å². The Labute approximate surface area is 121 Å². The van der Waals surface area contributed by atoms with E-state index in [1.807, 2.05) is 25.1 Å². The van der Waals surface area contributed by atoms with Crippen molar-refractivity contribution in [2.75, 3.05) is 26.2 Å². The molecular weight excluding hydrogens is 258 g/mol. The predicted molar refractivity (Wildman–Crippen MR) is 80.3 cm³/mol. The first-order valence-corrected chi connectivity index (χ1v) is 7.11. The minimum Gasteiger partial charge on any atom is -0.303 e. The van der Waals surface area contributed by atoms with Crippen LogP contribution in [0.15, 0.2) is 18.2 Å². The normalized spacial score (nSPS) is 12.4. The van der Waals surface area contributed by atoms with Crippen molar-refractivity contribution in [1.82, 2.24) is 10.2 Å². The van der Waals surface area contributed by atoms with E-state index in [4.69, 9.17) is 11.6 Å². The van der Waals surface area contributed by atoms with Crippen molar-refractivity contribution in [3.63, 3.8) is 0 Å². The van der Waals surface area contributed by atoms with E-state index in [-0.39, 0.29) is 6.04 Å². The lowest BCUT2D eigenvalue weighted by Gasteiger charge is -2.19. The maximum atomic E-state index is 9.25. The highest BCUT2D eigenvalue weighted by molar-refractivity contribution is 6.31. The molecule has 1 N–H and O–H groups in total. The molecule has 0 spiro atoms. The standard InChI is InChI=1S/C15H22ClN3/c1-4-19(5-2)9-8-18-15(11-17)13-7-6-12(3)14(16)10-13/h6-7,10,15,18H,4-5,8-9H2,1-3H3. The first-order chi connectivity index (χ1) is 9.12. The van der Waals surface area contributed by atoms with Crippen LogP contribution in [0.5, 0.6) is 0 Å². The quantitative estimate of drug-likeness (QED) is 0.833. The average Bonchev–Trinajstić information content (AvgIpc) is 2.42. The monoisotopic (exact) mass is 279 g/mol. The molecule has 4 heteroatoms. The summed E-state index contributed by atoms with van der Waals surface area (Å²) in [5.41, 5.74) is 1.96. The third-order valence-corrected chi connectivity index (χ3v) is 3.74. The smallest absolute Gasteiger partial charge is 0.121 e. The number of aryl methyl sites for hydroxylation is 1. The van der Waals surface area contributed by atoms with Gasteiger partial charge in [-0.1, -0.05) is 37.6 Å². The molecule has 1 rings (SSSR count). The van der Waals surface area contributed by atoms with Crippen LogP contribution in [0.3, 0.4) is 0 Å². The number of likely N-dealkylation sites (N-methyl/N-ethyl adjacent to an activating group) is 1. The number of nitrogens with zero attached hydrogens (tertiary/aromatic N) is 2. The van der Waals surface area contributed by atoms with Crippen molar-refractivity contribution in [3.05, 3.63) is 34.3 Å². The van der Waals surface area contributed by atoms with E-state index in [1.165, 1.54) is 0 Å². The van der Waals surface area contributed by atoms with Gasteiger partial charge in [-0.05, 0) is 37.2 Å². The third kappa shape index (κ3) is 4.83. The Morgan fingerprint density at radius 2 is 2.05 bits per heavy atom. The molecule has 1 atom stereocenters. The van der Waals surface area contributed by atoms with Gasteiger partial charge in [0, 0.05) is 18.1 Å². The molecule has 0 saturated carbocycles. The molecule has 104 valence electrons. The molecule has 0 radical (unpaired) electrons. The Hall–Kier alpha value is -1.08. The van der Waals surface area contributed by atoms with E-state index in [0.717, 1.165) is 37.3 Å². The van der Waals surface area contributed by atoms with Crippen LogP contribution in [0.2, 0.25) is 5.02 Å². The Bertz CT molecular complexity index is 436. The van der Waals surface area contributed by atoms with Crippen molar-refractivity contribution in [2.24, 2.45) is 0 Å². The lowest BCUT2D eigenvalue weighted by Crippen LogP contribution is -2.33. The minimum atomic E-state index is -0.298. The highest BCUT2D eigenvalue weighted by atomic mass is 35.5. The van der Waals surface area contributed by atoms with Crippen LogP contribution >= 0.6 is 11.6 Å². The van der Waals surface area contributed by atoms with Gasteiger partial charge >= 0.3 is 0 Å². The number of rotatable bonds is 7. The summed E-state index contributed by atoms with van der Waals surface area (Å²) in [4.78, 5) is 2.32. The van der Waals surface area contributed by atoms with Gasteiger partial charge in [0.2, 0.25) is 0 Å². The van der Waals surface area contributed by atoms with Gasteiger partial charge in [0.25, 0.3) is 0 Å². The molecule has 1 aromatic rings. The highest BCUT2D eigenvalue weighted by Crippen LogP contribution is 2.21. The molecule has 0 aliphatic heterocycles. The fraction of sp³-hybridized carbons (Fsp3) is 0.533. The van der Waals surface area contributed by atoms with Gasteiger partial charge in [0.1, 0.15) is 6.04 Å². The van der Waals surface area contributed by atoms with Gasteiger partial charge in [-0.3, -0.25) is 5.32 Å². The topological polar surface area (TPSA) is 39.1 Å². The molecule has 19 heavy (non-hydrogen) atoms. The van der Waals surface area contributed by atoms with Gasteiger partial charge in [0.05, 0.1) is 6.07 Å². The molecule has 1 unspecified atom stereocenters. The lowest BCUT2D eigenvalue weighted by molar-refractivity contribution is 0.300. The molecule has 0 amide bonds. The second-order valence-electron chi connectivity index (χ2n) is 4.55. The summed E-state index contributed by atoms with van der Waals surface area (Å²) in [6.07, 6.45) is 0. The Balaban J connectivity index is 2.59. The first-order valence-electron chi connectivity index (χ1n) is 6.73. The number of hydrogen-bond donors (Lipinski definition) is 1. The number of benzene rings is 1. The number of nitriles is 1. The third-order valence-electron chi connectivity index (χ3n) is 3.33. The predicted octanol–water partition coefficient (Wildman–Crippen LogP) is 3.14. The van der Waals surface area contributed by atoms with Crippen molar-refractivity contribution in [1.29, 1.82) is 5.26 Å². The SMILES string of the molecule is CCN(CC)CCNC(C#N)c1ccc(C)c(Cl)c1. The second kappa shape index (κ2) is 8.16. The number of nitrogens with one attached hydrogen (secondary N) is 1. The Kier molecular flexibility index (Phi) is 6.86. The fourth-order valence-electron chi connectivity index (χ4n) is 1.93. The molecular formula is C15H22ClN3. The van der Waals surface area contributed by atoms with Gasteiger partial charge in [-0.25, -0.2) is 0 Å². The van der Waals surface area contributed by atoms with Crippen LogP contribution in [0.4, 0.5) is 0 Å². The summed E-state index contributed by atoms with van der Waals surface area (Å²) in [6, 6.07) is 7.77. The zero-order chi connectivity index (χ0) is 14.3. The van der Waals surface area contributed by atoms with Crippen LogP contribution in [-0.2, 0) is 0 Å². The summed E-state index contributed by atoms with van der Waals surface area (Å²) in [7, 11) is 0. The Morgan fingerprint density at radius 1 is 1.37 bits per heavy atom. The van der Waals surface area contributed by atoms with E-state index in [9.17, 15) is 5.26 Å². The van der Waals surface area contributed by atoms with Crippen LogP contribution in [0.1, 0.15) is 31.0 Å². The summed E-state index contributed by atoms with van der Waals surface area (Å²) < 4.78 is 0. The first kappa shape index (κ1) is 16.0. The molecule has 0 aliphatic carbocycles. The molecule has 1 aromatic carbocycles. The van der Waals surface area contributed by atoms with Crippen molar-refractivity contribution >= 4 is 11.6 Å². The van der Waals surface area contributed by atoms with Gasteiger partial charge in [0.15, 0.2) is 0 Å². The Morgan fingerprint density at radius 3 is 2.58 bits per heavy atom. The molecule has 0 aliphatic rings. The van der Waals surface area contributed by atoms with E-state index >= 15 is 0 Å². The molecule has 0 bridgehead atoms. The van der Waals surface area contributed by atoms with Crippen molar-refractivity contribution in [2.45, 2.75) is 26.8 Å². The van der Waals surface area contributed by atoms with Crippen LogP contribution in [-0.4, -0.2) is 31.1 Å².